The maximum absolute atomic E-state index is 12.8. The fraction of sp³-hybridized carbons (Fsp3) is 0.706. The van der Waals surface area contributed by atoms with E-state index < -0.39 is 6.10 Å². The molecule has 0 aromatic carbocycles. The molecule has 2 rings (SSSR count). The normalized spacial score (nSPS) is 13.0. The van der Waals surface area contributed by atoms with Crippen molar-refractivity contribution in [1.82, 2.24) is 18.7 Å². The molecule has 1 unspecified atom stereocenters. The van der Waals surface area contributed by atoms with Gasteiger partial charge < -0.3 is 14.8 Å². The van der Waals surface area contributed by atoms with Crippen LogP contribution in [0.4, 0.5) is 0 Å². The van der Waals surface area contributed by atoms with Crippen molar-refractivity contribution in [2.24, 2.45) is 13.0 Å². The topological polar surface area (TPSA) is 102 Å². The lowest BCUT2D eigenvalue weighted by molar-refractivity contribution is 0.0859. The highest BCUT2D eigenvalue weighted by atomic mass is 16.3. The second-order valence-electron chi connectivity index (χ2n) is 6.92. The van der Waals surface area contributed by atoms with Gasteiger partial charge >= 0.3 is 5.69 Å². The van der Waals surface area contributed by atoms with Gasteiger partial charge in [0.05, 0.1) is 19.0 Å². The number of aryl methyl sites for hydroxylation is 2. The van der Waals surface area contributed by atoms with Gasteiger partial charge in [0.25, 0.3) is 5.56 Å². The maximum Gasteiger partial charge on any atom is 0.332 e. The van der Waals surface area contributed by atoms with E-state index in [2.05, 4.69) is 18.8 Å². The number of rotatable bonds is 9. The number of nitrogens with zero attached hydrogens (tertiary/aromatic N) is 4. The summed E-state index contributed by atoms with van der Waals surface area (Å²) in [7, 11) is 1.63. The van der Waals surface area contributed by atoms with E-state index in [1.54, 1.807) is 17.9 Å². The minimum Gasteiger partial charge on any atom is -0.394 e. The number of aromatic nitrogens is 4. The summed E-state index contributed by atoms with van der Waals surface area (Å²) < 4.78 is 4.48. The Morgan fingerprint density at radius 2 is 1.88 bits per heavy atom. The van der Waals surface area contributed by atoms with Crippen molar-refractivity contribution in [2.75, 3.05) is 6.61 Å². The van der Waals surface area contributed by atoms with Crippen LogP contribution in [-0.4, -0.2) is 41.6 Å². The molecule has 0 radical (unpaired) electrons. The molecule has 2 N–H and O–H groups in total. The molecule has 0 amide bonds. The summed E-state index contributed by atoms with van der Waals surface area (Å²) in [6.07, 6.45) is 3.63. The third-order valence-electron chi connectivity index (χ3n) is 4.43. The van der Waals surface area contributed by atoms with Gasteiger partial charge in [-0.05, 0) is 31.6 Å². The molecule has 0 saturated heterocycles. The molecule has 0 spiro atoms. The molecule has 140 valence electrons. The van der Waals surface area contributed by atoms with Gasteiger partial charge in [-0.25, -0.2) is 9.78 Å². The summed E-state index contributed by atoms with van der Waals surface area (Å²) in [5.74, 6) is 0.398. The van der Waals surface area contributed by atoms with Crippen molar-refractivity contribution in [3.63, 3.8) is 0 Å². The number of aliphatic hydroxyl groups is 2. The van der Waals surface area contributed by atoms with Crippen molar-refractivity contribution in [3.05, 3.63) is 27.2 Å². The highest BCUT2D eigenvalue weighted by Crippen LogP contribution is 2.09. The van der Waals surface area contributed by atoms with E-state index in [1.807, 2.05) is 0 Å². The average molecular weight is 352 g/mol. The van der Waals surface area contributed by atoms with Crippen molar-refractivity contribution < 1.29 is 10.2 Å². The summed E-state index contributed by atoms with van der Waals surface area (Å²) in [6, 6.07) is 0. The van der Waals surface area contributed by atoms with Crippen LogP contribution < -0.4 is 11.2 Å². The first-order valence-corrected chi connectivity index (χ1v) is 8.80. The number of imidazole rings is 1. The molecular weight excluding hydrogens is 324 g/mol. The Hall–Kier alpha value is -1.93. The highest BCUT2D eigenvalue weighted by molar-refractivity contribution is 5.69. The lowest BCUT2D eigenvalue weighted by atomic mass is 10.1. The van der Waals surface area contributed by atoms with Crippen molar-refractivity contribution in [3.8, 4) is 0 Å². The molecule has 0 fully saturated rings. The molecule has 0 bridgehead atoms. The molecule has 25 heavy (non-hydrogen) atoms. The fourth-order valence-corrected chi connectivity index (χ4v) is 2.83. The Balaban J connectivity index is 2.28. The van der Waals surface area contributed by atoms with Crippen LogP contribution in [0.5, 0.6) is 0 Å². The number of fused-ring (bicyclic) bond motifs is 1. The molecule has 0 aliphatic carbocycles. The van der Waals surface area contributed by atoms with Crippen molar-refractivity contribution in [1.29, 1.82) is 0 Å². The Labute approximate surface area is 146 Å². The standard InChI is InChI=1S/C17H28N4O4/c1-12(2)7-9-21-16(24)14-15(19(3)17(21)25)18-11-20(14)8-5-4-6-13(23)10-22/h11-13,22-23H,4-10H2,1-3H3. The summed E-state index contributed by atoms with van der Waals surface area (Å²) in [6.45, 7) is 4.84. The zero-order valence-corrected chi connectivity index (χ0v) is 15.2. The summed E-state index contributed by atoms with van der Waals surface area (Å²) in [5.41, 5.74) is 0.195. The molecule has 0 aliphatic heterocycles. The van der Waals surface area contributed by atoms with Crippen LogP contribution in [0.25, 0.3) is 11.2 Å². The van der Waals surface area contributed by atoms with Gasteiger partial charge in [0, 0.05) is 20.1 Å². The molecule has 1 atom stereocenters. The number of unbranched alkanes of at least 4 members (excludes halogenated alkanes) is 1. The van der Waals surface area contributed by atoms with Crippen LogP contribution in [0.1, 0.15) is 39.5 Å². The fourth-order valence-electron chi connectivity index (χ4n) is 2.83. The summed E-state index contributed by atoms with van der Waals surface area (Å²) >= 11 is 0. The molecular formula is C17H28N4O4. The van der Waals surface area contributed by atoms with E-state index >= 15 is 0 Å². The third kappa shape index (κ3) is 4.38. The second kappa shape index (κ2) is 8.44. The van der Waals surface area contributed by atoms with Gasteiger partial charge in [0.2, 0.25) is 0 Å². The molecule has 2 aromatic heterocycles. The van der Waals surface area contributed by atoms with Gasteiger partial charge in [0.1, 0.15) is 0 Å². The molecule has 0 saturated carbocycles. The SMILES string of the molecule is CC(C)CCn1c(=O)c2c(ncn2CCCCC(O)CO)n(C)c1=O. The monoisotopic (exact) mass is 352 g/mol. The quantitative estimate of drug-likeness (QED) is 0.639. The lowest BCUT2D eigenvalue weighted by Gasteiger charge is -2.11. The van der Waals surface area contributed by atoms with E-state index in [1.165, 1.54) is 9.13 Å². The van der Waals surface area contributed by atoms with Crippen LogP contribution in [-0.2, 0) is 20.1 Å². The van der Waals surface area contributed by atoms with E-state index in [4.69, 9.17) is 5.11 Å². The van der Waals surface area contributed by atoms with E-state index in [-0.39, 0.29) is 17.9 Å². The van der Waals surface area contributed by atoms with E-state index in [9.17, 15) is 14.7 Å². The van der Waals surface area contributed by atoms with Crippen molar-refractivity contribution >= 4 is 11.2 Å². The van der Waals surface area contributed by atoms with Crippen LogP contribution in [0.3, 0.4) is 0 Å². The summed E-state index contributed by atoms with van der Waals surface area (Å²) in [4.78, 5) is 29.4. The zero-order valence-electron chi connectivity index (χ0n) is 15.2. The number of aliphatic hydroxyl groups excluding tert-OH is 2. The predicted octanol–water partition coefficient (Wildman–Crippen LogP) is 0.466. The van der Waals surface area contributed by atoms with Gasteiger partial charge in [-0.1, -0.05) is 13.8 Å². The molecule has 2 aromatic rings. The van der Waals surface area contributed by atoms with E-state index in [0.29, 0.717) is 36.6 Å². The van der Waals surface area contributed by atoms with Crippen LogP contribution >= 0.6 is 0 Å². The smallest absolute Gasteiger partial charge is 0.332 e. The first-order chi connectivity index (χ1) is 11.9. The van der Waals surface area contributed by atoms with Gasteiger partial charge in [-0.3, -0.25) is 13.9 Å². The Morgan fingerprint density at radius 1 is 1.16 bits per heavy atom. The largest absolute Gasteiger partial charge is 0.394 e. The summed E-state index contributed by atoms with van der Waals surface area (Å²) in [5, 5.41) is 18.2. The zero-order chi connectivity index (χ0) is 18.6. The van der Waals surface area contributed by atoms with Crippen LogP contribution in [0, 0.1) is 5.92 Å². The highest BCUT2D eigenvalue weighted by Gasteiger charge is 2.16. The Bertz CT molecular complexity index is 818. The van der Waals surface area contributed by atoms with Gasteiger partial charge in [0.15, 0.2) is 11.2 Å². The molecule has 2 heterocycles. The van der Waals surface area contributed by atoms with Gasteiger partial charge in [-0.15, -0.1) is 0 Å². The van der Waals surface area contributed by atoms with E-state index in [0.717, 1.165) is 19.3 Å². The average Bonchev–Trinajstić information content (AvgIpc) is 3.00. The Morgan fingerprint density at radius 3 is 2.52 bits per heavy atom. The maximum atomic E-state index is 12.8. The van der Waals surface area contributed by atoms with Crippen LogP contribution in [0.15, 0.2) is 15.9 Å². The second-order valence-corrected chi connectivity index (χ2v) is 6.92. The third-order valence-corrected chi connectivity index (χ3v) is 4.43. The number of hydrogen-bond acceptors (Lipinski definition) is 5. The number of hydrogen-bond donors (Lipinski definition) is 2. The molecule has 8 heteroatoms. The first kappa shape index (κ1) is 19.4. The molecule has 0 aliphatic rings. The van der Waals surface area contributed by atoms with Crippen molar-refractivity contribution in [2.45, 2.75) is 58.7 Å². The Kier molecular flexibility index (Phi) is 6.55. The minimum atomic E-state index is -0.700. The lowest BCUT2D eigenvalue weighted by Crippen LogP contribution is -2.40. The first-order valence-electron chi connectivity index (χ1n) is 8.80. The predicted molar refractivity (Wildman–Crippen MR) is 95.6 cm³/mol. The minimum absolute atomic E-state index is 0.239. The van der Waals surface area contributed by atoms with Crippen LogP contribution in [0.2, 0.25) is 0 Å². The molecule has 8 nitrogen and oxygen atoms in total. The van der Waals surface area contributed by atoms with Gasteiger partial charge in [-0.2, -0.15) is 0 Å².